The number of hydrogen-bond donors (Lipinski definition) is 0. The minimum absolute atomic E-state index is 0.143. The predicted molar refractivity (Wildman–Crippen MR) is 90.2 cm³/mol. The number of rotatable bonds is 2. The number of allylic oxidation sites excluding steroid dienone is 1. The fourth-order valence-electron chi connectivity index (χ4n) is 1.98. The Morgan fingerprint density at radius 3 is 2.24 bits per heavy atom. The Morgan fingerprint density at radius 2 is 1.81 bits per heavy atom. The van der Waals surface area contributed by atoms with Crippen molar-refractivity contribution in [1.82, 2.24) is 4.98 Å². The molecule has 21 heavy (non-hydrogen) atoms. The Balaban J connectivity index is 2.35. The molecule has 0 amide bonds. The van der Waals surface area contributed by atoms with Gasteiger partial charge >= 0.3 is 0 Å². The number of hydrogen-bond acceptors (Lipinski definition) is 3. The minimum Gasteiger partial charge on any atom is -0.240 e. The maximum absolute atomic E-state index is 9.37. The molecule has 0 spiro atoms. The van der Waals surface area contributed by atoms with Crippen LogP contribution in [0.4, 0.5) is 0 Å². The first-order chi connectivity index (χ1) is 9.81. The first kappa shape index (κ1) is 15.5. The molecular weight excluding hydrogens is 276 g/mol. The van der Waals surface area contributed by atoms with E-state index < -0.39 is 0 Å². The largest absolute Gasteiger partial charge is 0.240 e. The number of aryl methyl sites for hydroxylation is 2. The molecule has 0 aliphatic rings. The summed E-state index contributed by atoms with van der Waals surface area (Å²) in [6, 6.07) is 10.6. The second-order valence-corrected chi connectivity index (χ2v) is 7.41. The highest BCUT2D eigenvalue weighted by molar-refractivity contribution is 7.12. The number of nitriles is 1. The summed E-state index contributed by atoms with van der Waals surface area (Å²) in [5, 5.41) is 10.2. The highest BCUT2D eigenvalue weighted by atomic mass is 32.1. The van der Waals surface area contributed by atoms with E-state index in [-0.39, 0.29) is 5.41 Å². The summed E-state index contributed by atoms with van der Waals surface area (Å²) in [5.74, 6) is 0. The van der Waals surface area contributed by atoms with Gasteiger partial charge in [0.1, 0.15) is 11.1 Å². The third kappa shape index (κ3) is 3.59. The molecule has 2 nitrogen and oxygen atoms in total. The van der Waals surface area contributed by atoms with E-state index in [1.807, 2.05) is 19.9 Å². The smallest absolute Gasteiger partial charge is 0.134 e. The molecule has 0 unspecified atom stereocenters. The molecule has 0 N–H and O–H groups in total. The molecule has 1 aromatic heterocycles. The molecular formula is C18H20N2S. The van der Waals surface area contributed by atoms with Crippen molar-refractivity contribution in [2.45, 2.75) is 40.0 Å². The van der Waals surface area contributed by atoms with Gasteiger partial charge in [-0.2, -0.15) is 5.26 Å². The Bertz CT molecular complexity index is 688. The summed E-state index contributed by atoms with van der Waals surface area (Å²) >= 11 is 1.57. The monoisotopic (exact) mass is 296 g/mol. The topological polar surface area (TPSA) is 36.7 Å². The van der Waals surface area contributed by atoms with E-state index in [9.17, 15) is 5.26 Å². The van der Waals surface area contributed by atoms with Gasteiger partial charge in [0.25, 0.3) is 0 Å². The van der Waals surface area contributed by atoms with Gasteiger partial charge in [-0.25, -0.2) is 4.98 Å². The normalized spacial score (nSPS) is 12.3. The van der Waals surface area contributed by atoms with Gasteiger partial charge in [-0.3, -0.25) is 0 Å². The quantitative estimate of drug-likeness (QED) is 0.721. The maximum atomic E-state index is 9.37. The maximum Gasteiger partial charge on any atom is 0.134 e. The standard InChI is InChI=1S/C18H20N2S/c1-12-13(2)21-17(20-12)15(11-19)10-14-6-8-16(9-7-14)18(3,4)5/h6-10H,1-5H3/b15-10+. The summed E-state index contributed by atoms with van der Waals surface area (Å²) < 4.78 is 0. The third-order valence-electron chi connectivity index (χ3n) is 3.47. The second-order valence-electron chi connectivity index (χ2n) is 6.20. The van der Waals surface area contributed by atoms with Crippen LogP contribution >= 0.6 is 11.3 Å². The van der Waals surface area contributed by atoms with Gasteiger partial charge < -0.3 is 0 Å². The zero-order valence-corrected chi connectivity index (χ0v) is 14.0. The summed E-state index contributed by atoms with van der Waals surface area (Å²) in [4.78, 5) is 5.62. The number of thiazole rings is 1. The molecule has 0 atom stereocenters. The molecule has 0 fully saturated rings. The van der Waals surface area contributed by atoms with Crippen molar-refractivity contribution in [1.29, 1.82) is 5.26 Å². The molecule has 0 saturated heterocycles. The van der Waals surface area contributed by atoms with E-state index in [1.165, 1.54) is 5.56 Å². The molecule has 2 rings (SSSR count). The zero-order chi connectivity index (χ0) is 15.6. The van der Waals surface area contributed by atoms with Crippen molar-refractivity contribution in [3.8, 4) is 6.07 Å². The van der Waals surface area contributed by atoms with E-state index in [0.717, 1.165) is 21.1 Å². The van der Waals surface area contributed by atoms with Crippen LogP contribution in [-0.2, 0) is 5.41 Å². The molecule has 1 heterocycles. The van der Waals surface area contributed by atoms with Gasteiger partial charge in [0, 0.05) is 4.88 Å². The number of nitrogens with zero attached hydrogens (tertiary/aromatic N) is 2. The van der Waals surface area contributed by atoms with E-state index >= 15 is 0 Å². The van der Waals surface area contributed by atoms with Crippen LogP contribution < -0.4 is 0 Å². The van der Waals surface area contributed by atoms with Crippen LogP contribution in [0.25, 0.3) is 11.6 Å². The molecule has 108 valence electrons. The Kier molecular flexibility index (Phi) is 4.29. The lowest BCUT2D eigenvalue weighted by Crippen LogP contribution is -2.10. The van der Waals surface area contributed by atoms with Crippen LogP contribution in [0.1, 0.15) is 47.5 Å². The molecule has 0 aliphatic carbocycles. The Labute approximate surface area is 130 Å². The van der Waals surface area contributed by atoms with Crippen molar-refractivity contribution in [2.24, 2.45) is 0 Å². The van der Waals surface area contributed by atoms with Crippen molar-refractivity contribution in [2.75, 3.05) is 0 Å². The summed E-state index contributed by atoms with van der Waals surface area (Å²) in [6.07, 6.45) is 1.91. The van der Waals surface area contributed by atoms with Gasteiger partial charge in [0.15, 0.2) is 0 Å². The van der Waals surface area contributed by atoms with E-state index in [2.05, 4.69) is 56.1 Å². The van der Waals surface area contributed by atoms with Crippen molar-refractivity contribution < 1.29 is 0 Å². The average Bonchev–Trinajstić information content (AvgIpc) is 2.75. The SMILES string of the molecule is Cc1nc(/C(C#N)=C/c2ccc(C(C)(C)C)cc2)sc1C. The summed E-state index contributed by atoms with van der Waals surface area (Å²) in [5.41, 5.74) is 4.09. The summed E-state index contributed by atoms with van der Waals surface area (Å²) in [6.45, 7) is 10.6. The Hall–Kier alpha value is -1.92. The lowest BCUT2D eigenvalue weighted by Gasteiger charge is -2.18. The predicted octanol–water partition coefficient (Wildman–Crippen LogP) is 5.12. The molecule has 2 aromatic rings. The van der Waals surface area contributed by atoms with Gasteiger partial charge in [0.05, 0.1) is 11.3 Å². The van der Waals surface area contributed by atoms with E-state index in [1.54, 1.807) is 11.3 Å². The molecule has 0 radical (unpaired) electrons. The van der Waals surface area contributed by atoms with Crippen LogP contribution in [0.2, 0.25) is 0 Å². The fraction of sp³-hybridized carbons (Fsp3) is 0.333. The lowest BCUT2D eigenvalue weighted by molar-refractivity contribution is 0.590. The van der Waals surface area contributed by atoms with E-state index in [0.29, 0.717) is 5.57 Å². The van der Waals surface area contributed by atoms with Crippen molar-refractivity contribution in [3.63, 3.8) is 0 Å². The highest BCUT2D eigenvalue weighted by Gasteiger charge is 2.13. The van der Waals surface area contributed by atoms with Crippen LogP contribution in [-0.4, -0.2) is 4.98 Å². The second kappa shape index (κ2) is 5.83. The molecule has 3 heteroatoms. The number of aromatic nitrogens is 1. The van der Waals surface area contributed by atoms with Gasteiger partial charge in [-0.1, -0.05) is 45.0 Å². The third-order valence-corrected chi connectivity index (χ3v) is 4.57. The fourth-order valence-corrected chi connectivity index (χ4v) is 2.86. The average molecular weight is 296 g/mol. The molecule has 0 aliphatic heterocycles. The van der Waals surface area contributed by atoms with Crippen LogP contribution in [0.5, 0.6) is 0 Å². The first-order valence-corrected chi connectivity index (χ1v) is 7.79. The zero-order valence-electron chi connectivity index (χ0n) is 13.2. The molecule has 0 saturated carbocycles. The van der Waals surface area contributed by atoms with E-state index in [4.69, 9.17) is 0 Å². The van der Waals surface area contributed by atoms with Crippen LogP contribution in [0.3, 0.4) is 0 Å². The highest BCUT2D eigenvalue weighted by Crippen LogP contribution is 2.26. The van der Waals surface area contributed by atoms with Crippen LogP contribution in [0.15, 0.2) is 24.3 Å². The van der Waals surface area contributed by atoms with Crippen LogP contribution in [0, 0.1) is 25.2 Å². The first-order valence-electron chi connectivity index (χ1n) is 6.98. The number of benzene rings is 1. The van der Waals surface area contributed by atoms with Crippen molar-refractivity contribution in [3.05, 3.63) is 51.0 Å². The van der Waals surface area contributed by atoms with Gasteiger partial charge in [0.2, 0.25) is 0 Å². The minimum atomic E-state index is 0.143. The van der Waals surface area contributed by atoms with Crippen molar-refractivity contribution >= 4 is 23.0 Å². The Morgan fingerprint density at radius 1 is 1.19 bits per heavy atom. The summed E-state index contributed by atoms with van der Waals surface area (Å²) in [7, 11) is 0. The molecule has 1 aromatic carbocycles. The van der Waals surface area contributed by atoms with Gasteiger partial charge in [-0.05, 0) is 36.5 Å². The lowest BCUT2D eigenvalue weighted by atomic mass is 9.86. The molecule has 0 bridgehead atoms. The van der Waals surface area contributed by atoms with Gasteiger partial charge in [-0.15, -0.1) is 11.3 Å².